The number of anilines is 1. The number of aliphatic imine (C=N–C) groups is 1. The predicted octanol–water partition coefficient (Wildman–Crippen LogP) is 3.32. The fraction of sp³-hybridized carbons (Fsp3) is 0.111. The number of hydrogen-bond acceptors (Lipinski definition) is 7. The van der Waals surface area contributed by atoms with Crippen molar-refractivity contribution in [1.82, 2.24) is 15.8 Å². The molecule has 28 heavy (non-hydrogen) atoms. The zero-order valence-corrected chi connectivity index (χ0v) is 14.7. The average molecular weight is 385 g/mol. The number of rotatable bonds is 5. The lowest BCUT2D eigenvalue weighted by molar-refractivity contribution is 0.151. The number of amidine groups is 1. The number of ether oxygens (including phenoxy) is 1. The van der Waals surface area contributed by atoms with Crippen LogP contribution in [-0.4, -0.2) is 27.4 Å². The molecule has 0 spiro atoms. The second-order valence-electron chi connectivity index (χ2n) is 5.63. The third-order valence-corrected chi connectivity index (χ3v) is 3.63. The first kappa shape index (κ1) is 19.0. The van der Waals surface area contributed by atoms with Crippen LogP contribution < -0.4 is 10.8 Å². The fourth-order valence-corrected chi connectivity index (χ4v) is 2.25. The standard InChI is InChI=1S/C18H16FN5O4/c1-11-9-13(7-8-14(11)19)20-17(22-26)16-15(23-28-24-16)10-27-18(25)21-12-5-3-2-4-6-12/h2-9,26H,10H2,1H3,(H,20,22)(H,21,25). The summed E-state index contributed by atoms with van der Waals surface area (Å²) in [4.78, 5) is 16.0. The van der Waals surface area contributed by atoms with Crippen LogP contribution in [0.25, 0.3) is 0 Å². The first-order valence-electron chi connectivity index (χ1n) is 8.12. The molecule has 0 fully saturated rings. The van der Waals surface area contributed by atoms with E-state index in [4.69, 9.17) is 4.74 Å². The summed E-state index contributed by atoms with van der Waals surface area (Å²) in [6.45, 7) is 1.31. The number of nitrogens with zero attached hydrogens (tertiary/aromatic N) is 3. The highest BCUT2D eigenvalue weighted by molar-refractivity contribution is 5.98. The number of amides is 1. The Morgan fingerprint density at radius 3 is 2.75 bits per heavy atom. The molecule has 0 radical (unpaired) electrons. The summed E-state index contributed by atoms with van der Waals surface area (Å²) >= 11 is 0. The van der Waals surface area contributed by atoms with E-state index in [-0.39, 0.29) is 29.6 Å². The molecule has 1 heterocycles. The fourth-order valence-electron chi connectivity index (χ4n) is 2.25. The Morgan fingerprint density at radius 1 is 1.25 bits per heavy atom. The highest BCUT2D eigenvalue weighted by Gasteiger charge is 2.18. The van der Waals surface area contributed by atoms with Gasteiger partial charge in [0.1, 0.15) is 12.4 Å². The van der Waals surface area contributed by atoms with Crippen LogP contribution in [0.5, 0.6) is 0 Å². The molecule has 144 valence electrons. The minimum absolute atomic E-state index is 0.0389. The molecular weight excluding hydrogens is 369 g/mol. The topological polar surface area (TPSA) is 122 Å². The van der Waals surface area contributed by atoms with E-state index in [2.05, 4.69) is 25.3 Å². The van der Waals surface area contributed by atoms with E-state index in [1.54, 1.807) is 31.2 Å². The van der Waals surface area contributed by atoms with Crippen molar-refractivity contribution in [2.24, 2.45) is 4.99 Å². The van der Waals surface area contributed by atoms with Crippen molar-refractivity contribution in [2.75, 3.05) is 5.32 Å². The number of carbonyl (C=O) groups excluding carboxylic acids is 1. The van der Waals surface area contributed by atoms with Gasteiger partial charge in [0.15, 0.2) is 17.2 Å². The van der Waals surface area contributed by atoms with Crippen LogP contribution in [0.15, 0.2) is 58.2 Å². The van der Waals surface area contributed by atoms with E-state index < -0.39 is 6.09 Å². The highest BCUT2D eigenvalue weighted by atomic mass is 19.1. The number of benzene rings is 2. The zero-order chi connectivity index (χ0) is 19.9. The number of aryl methyl sites for hydroxylation is 1. The van der Waals surface area contributed by atoms with Gasteiger partial charge in [0.05, 0.1) is 5.69 Å². The maximum atomic E-state index is 13.4. The lowest BCUT2D eigenvalue weighted by atomic mass is 10.2. The van der Waals surface area contributed by atoms with Crippen LogP contribution in [0.2, 0.25) is 0 Å². The minimum Gasteiger partial charge on any atom is -0.443 e. The molecule has 10 heteroatoms. The lowest BCUT2D eigenvalue weighted by Gasteiger charge is -2.07. The van der Waals surface area contributed by atoms with Crippen molar-refractivity contribution in [3.8, 4) is 0 Å². The molecule has 0 aliphatic carbocycles. The third-order valence-electron chi connectivity index (χ3n) is 3.63. The van der Waals surface area contributed by atoms with Gasteiger partial charge in [-0.05, 0) is 48.0 Å². The number of para-hydroxylation sites is 1. The predicted molar refractivity (Wildman–Crippen MR) is 96.8 cm³/mol. The molecular formula is C18H16FN5O4. The summed E-state index contributed by atoms with van der Waals surface area (Å²) in [6, 6.07) is 12.9. The quantitative estimate of drug-likeness (QED) is 0.350. The smallest absolute Gasteiger partial charge is 0.412 e. The third kappa shape index (κ3) is 4.68. The van der Waals surface area contributed by atoms with Gasteiger partial charge in [-0.15, -0.1) is 0 Å². The van der Waals surface area contributed by atoms with Gasteiger partial charge in [0.25, 0.3) is 0 Å². The molecule has 0 bridgehead atoms. The molecule has 0 aliphatic rings. The Bertz CT molecular complexity index is 991. The summed E-state index contributed by atoms with van der Waals surface area (Å²) in [7, 11) is 0. The van der Waals surface area contributed by atoms with Crippen LogP contribution in [0.4, 0.5) is 20.6 Å². The molecule has 0 unspecified atom stereocenters. The second-order valence-corrected chi connectivity index (χ2v) is 5.63. The summed E-state index contributed by atoms with van der Waals surface area (Å²) in [5.41, 5.74) is 3.38. The van der Waals surface area contributed by atoms with Gasteiger partial charge in [-0.1, -0.05) is 23.4 Å². The van der Waals surface area contributed by atoms with Crippen molar-refractivity contribution in [3.05, 3.63) is 71.3 Å². The molecule has 0 saturated heterocycles. The lowest BCUT2D eigenvalue weighted by Crippen LogP contribution is -2.23. The van der Waals surface area contributed by atoms with Gasteiger partial charge >= 0.3 is 6.09 Å². The normalized spacial score (nSPS) is 11.2. The Hall–Kier alpha value is -3.79. The van der Waals surface area contributed by atoms with Crippen molar-refractivity contribution < 1.29 is 23.8 Å². The van der Waals surface area contributed by atoms with Crippen molar-refractivity contribution in [2.45, 2.75) is 13.5 Å². The van der Waals surface area contributed by atoms with Crippen LogP contribution >= 0.6 is 0 Å². The molecule has 1 amide bonds. The van der Waals surface area contributed by atoms with Gasteiger partial charge in [0.2, 0.25) is 0 Å². The second kappa shape index (κ2) is 8.73. The Labute approximate surface area is 158 Å². The molecule has 0 saturated carbocycles. The van der Waals surface area contributed by atoms with E-state index in [1.165, 1.54) is 18.2 Å². The van der Waals surface area contributed by atoms with Crippen LogP contribution in [0.1, 0.15) is 17.0 Å². The molecule has 2 aromatic carbocycles. The number of hydrogen-bond donors (Lipinski definition) is 3. The molecule has 1 aromatic heterocycles. The van der Waals surface area contributed by atoms with E-state index in [0.717, 1.165) is 0 Å². The summed E-state index contributed by atoms with van der Waals surface area (Å²) in [5.74, 6) is -0.478. The molecule has 9 nitrogen and oxygen atoms in total. The molecule has 3 aromatic rings. The summed E-state index contributed by atoms with van der Waals surface area (Å²) in [6.07, 6.45) is -0.704. The maximum absolute atomic E-state index is 13.4. The molecule has 0 aliphatic heterocycles. The summed E-state index contributed by atoms with van der Waals surface area (Å²) < 4.78 is 23.1. The Kier molecular flexibility index (Phi) is 5.92. The van der Waals surface area contributed by atoms with E-state index in [9.17, 15) is 14.4 Å². The van der Waals surface area contributed by atoms with Gasteiger partial charge in [-0.3, -0.25) is 16.0 Å². The van der Waals surface area contributed by atoms with Crippen molar-refractivity contribution in [3.63, 3.8) is 0 Å². The van der Waals surface area contributed by atoms with Crippen LogP contribution in [0, 0.1) is 12.7 Å². The van der Waals surface area contributed by atoms with Gasteiger partial charge in [-0.25, -0.2) is 18.8 Å². The van der Waals surface area contributed by atoms with Gasteiger partial charge in [-0.2, -0.15) is 0 Å². The first-order chi connectivity index (χ1) is 13.6. The van der Waals surface area contributed by atoms with Crippen molar-refractivity contribution >= 4 is 23.3 Å². The monoisotopic (exact) mass is 385 g/mol. The number of aromatic nitrogens is 2. The van der Waals surface area contributed by atoms with Crippen LogP contribution in [0.3, 0.4) is 0 Å². The number of carbonyl (C=O) groups is 1. The van der Waals surface area contributed by atoms with Gasteiger partial charge in [0, 0.05) is 5.69 Å². The van der Waals surface area contributed by atoms with E-state index >= 15 is 0 Å². The molecule has 3 rings (SSSR count). The number of nitrogens with one attached hydrogen (secondary N) is 2. The maximum Gasteiger partial charge on any atom is 0.412 e. The van der Waals surface area contributed by atoms with Gasteiger partial charge < -0.3 is 4.74 Å². The Morgan fingerprint density at radius 2 is 2.04 bits per heavy atom. The largest absolute Gasteiger partial charge is 0.443 e. The number of hydroxylamine groups is 1. The molecule has 3 N–H and O–H groups in total. The highest BCUT2D eigenvalue weighted by Crippen LogP contribution is 2.18. The minimum atomic E-state index is -0.704. The summed E-state index contributed by atoms with van der Waals surface area (Å²) in [5, 5.41) is 19.3. The molecule has 0 atom stereocenters. The van der Waals surface area contributed by atoms with Crippen LogP contribution in [-0.2, 0) is 11.3 Å². The first-order valence-corrected chi connectivity index (χ1v) is 8.12. The average Bonchev–Trinajstić information content (AvgIpc) is 3.16. The van der Waals surface area contributed by atoms with E-state index in [0.29, 0.717) is 16.9 Å². The van der Waals surface area contributed by atoms with E-state index in [1.807, 2.05) is 11.5 Å². The number of halogens is 1. The van der Waals surface area contributed by atoms with Crippen molar-refractivity contribution in [1.29, 1.82) is 0 Å². The Balaban J connectivity index is 1.71. The SMILES string of the molecule is Cc1cc(N=C(NO)c2nonc2COC(=O)Nc2ccccc2)ccc1F. The zero-order valence-electron chi connectivity index (χ0n) is 14.7.